The Hall–Kier alpha value is -2.60. The summed E-state index contributed by atoms with van der Waals surface area (Å²) in [5, 5.41) is 14.5. The Balaban J connectivity index is 1.66. The molecule has 1 aliphatic carbocycles. The van der Waals surface area contributed by atoms with Gasteiger partial charge in [0.1, 0.15) is 16.9 Å². The third-order valence-corrected chi connectivity index (χ3v) is 7.20. The smallest absolute Gasteiger partial charge is 0.339 e. The van der Waals surface area contributed by atoms with Crippen molar-refractivity contribution in [1.29, 1.82) is 0 Å². The van der Waals surface area contributed by atoms with E-state index >= 15 is 0 Å². The number of fused-ring (bicyclic) bond motifs is 4. The molecule has 3 aromatic rings. The maximum absolute atomic E-state index is 12.8. The number of amides is 1. The molecule has 0 aliphatic heterocycles. The second-order valence-corrected chi connectivity index (χ2v) is 9.20. The number of hydrogen-bond donors (Lipinski definition) is 2. The van der Waals surface area contributed by atoms with Crippen molar-refractivity contribution in [1.82, 2.24) is 5.32 Å². The minimum absolute atomic E-state index is 0.0951. The highest BCUT2D eigenvalue weighted by Crippen LogP contribution is 2.37. The molecule has 2 heterocycles. The average Bonchev–Trinajstić information content (AvgIpc) is 3.17. The van der Waals surface area contributed by atoms with E-state index in [2.05, 4.69) is 11.4 Å². The Morgan fingerprint density at radius 1 is 1.12 bits per heavy atom. The molecule has 0 radical (unpaired) electrons. The zero-order valence-corrected chi connectivity index (χ0v) is 19.5. The van der Waals surface area contributed by atoms with Crippen molar-refractivity contribution in [2.75, 3.05) is 6.61 Å². The van der Waals surface area contributed by atoms with Gasteiger partial charge in [-0.2, -0.15) is 0 Å². The molecular weight excluding hydrogens is 406 g/mol. The van der Waals surface area contributed by atoms with Crippen LogP contribution >= 0.6 is 0 Å². The summed E-state index contributed by atoms with van der Waals surface area (Å²) in [6.07, 6.45) is 5.60. The van der Waals surface area contributed by atoms with Gasteiger partial charge in [0, 0.05) is 40.3 Å². The van der Waals surface area contributed by atoms with Crippen molar-refractivity contribution in [2.24, 2.45) is 5.92 Å². The number of benzene rings is 1. The molecule has 172 valence electrons. The van der Waals surface area contributed by atoms with Crippen LogP contribution in [0.5, 0.6) is 0 Å². The number of carbonyl (C=O) groups is 1. The molecule has 6 nitrogen and oxygen atoms in total. The van der Waals surface area contributed by atoms with Crippen molar-refractivity contribution in [3.63, 3.8) is 0 Å². The zero-order valence-electron chi connectivity index (χ0n) is 19.5. The van der Waals surface area contributed by atoms with Gasteiger partial charge in [0.05, 0.1) is 12.6 Å². The molecule has 2 aromatic heterocycles. The van der Waals surface area contributed by atoms with Crippen LogP contribution in [-0.2, 0) is 24.1 Å². The molecule has 6 heteroatoms. The second-order valence-electron chi connectivity index (χ2n) is 9.20. The summed E-state index contributed by atoms with van der Waals surface area (Å²) in [6.45, 7) is 7.81. The van der Waals surface area contributed by atoms with E-state index in [1.807, 2.05) is 27.7 Å². The van der Waals surface area contributed by atoms with Crippen LogP contribution in [0.25, 0.3) is 21.9 Å². The topological polar surface area (TPSA) is 92.7 Å². The molecule has 2 atom stereocenters. The van der Waals surface area contributed by atoms with Crippen LogP contribution in [0.2, 0.25) is 0 Å². The van der Waals surface area contributed by atoms with Gasteiger partial charge < -0.3 is 19.3 Å². The van der Waals surface area contributed by atoms with E-state index in [4.69, 9.17) is 8.83 Å². The number of rotatable bonds is 7. The van der Waals surface area contributed by atoms with Crippen LogP contribution in [0, 0.1) is 19.8 Å². The predicted molar refractivity (Wildman–Crippen MR) is 125 cm³/mol. The van der Waals surface area contributed by atoms with Crippen LogP contribution in [0.4, 0.5) is 0 Å². The van der Waals surface area contributed by atoms with Gasteiger partial charge in [0.15, 0.2) is 0 Å². The van der Waals surface area contributed by atoms with Crippen LogP contribution in [-0.4, -0.2) is 23.7 Å². The van der Waals surface area contributed by atoms with Crippen molar-refractivity contribution >= 4 is 27.8 Å². The van der Waals surface area contributed by atoms with E-state index in [1.54, 1.807) is 0 Å². The monoisotopic (exact) mass is 439 g/mol. The second kappa shape index (κ2) is 9.10. The number of nitrogens with one attached hydrogen (secondary N) is 1. The number of aliphatic hydroxyl groups is 1. The molecular formula is C26H33NO5. The zero-order chi connectivity index (χ0) is 23.0. The lowest BCUT2D eigenvalue weighted by atomic mass is 9.93. The quantitative estimate of drug-likeness (QED) is 0.529. The van der Waals surface area contributed by atoms with Crippen LogP contribution < -0.4 is 10.9 Å². The Bertz CT molecular complexity index is 1220. The minimum Gasteiger partial charge on any atom is -0.460 e. The summed E-state index contributed by atoms with van der Waals surface area (Å²) in [4.78, 5) is 25.3. The first-order chi connectivity index (χ1) is 15.3. The first-order valence-electron chi connectivity index (χ1n) is 11.8. The average molecular weight is 440 g/mol. The molecule has 0 saturated heterocycles. The molecule has 0 unspecified atom stereocenters. The van der Waals surface area contributed by atoms with E-state index in [0.717, 1.165) is 65.3 Å². The molecule has 1 amide bonds. The van der Waals surface area contributed by atoms with Crippen LogP contribution in [0.15, 0.2) is 19.7 Å². The fourth-order valence-electron chi connectivity index (χ4n) is 4.88. The maximum Gasteiger partial charge on any atom is 0.339 e. The van der Waals surface area contributed by atoms with E-state index in [-0.39, 0.29) is 30.9 Å². The maximum atomic E-state index is 12.8. The van der Waals surface area contributed by atoms with Gasteiger partial charge in [0.25, 0.3) is 0 Å². The highest BCUT2D eigenvalue weighted by molar-refractivity contribution is 6.00. The van der Waals surface area contributed by atoms with Gasteiger partial charge in [-0.3, -0.25) is 4.79 Å². The highest BCUT2D eigenvalue weighted by atomic mass is 16.4. The standard InChI is InChI=1S/C26H33NO5/c1-5-14(2)21(13-28)27-23(29)11-10-17-15(3)19-12-20-18-8-6-7-9-22(18)31-25(20)16(4)24(19)32-26(17)30/h12,14,21,28H,5-11,13H2,1-4H3,(H,27,29)/t14-,21+/m0/s1. The lowest BCUT2D eigenvalue weighted by Crippen LogP contribution is -2.42. The molecule has 0 spiro atoms. The molecule has 2 N–H and O–H groups in total. The Morgan fingerprint density at radius 3 is 2.56 bits per heavy atom. The normalized spacial score (nSPS) is 15.7. The van der Waals surface area contributed by atoms with Gasteiger partial charge in [-0.1, -0.05) is 20.3 Å². The fourth-order valence-corrected chi connectivity index (χ4v) is 4.88. The number of aliphatic hydroxyl groups excluding tert-OH is 1. The summed E-state index contributed by atoms with van der Waals surface area (Å²) in [7, 11) is 0. The number of furan rings is 1. The van der Waals surface area contributed by atoms with Crippen molar-refractivity contribution in [3.8, 4) is 0 Å². The summed E-state index contributed by atoms with van der Waals surface area (Å²) in [6, 6.07) is 1.82. The Kier molecular flexibility index (Phi) is 6.42. The predicted octanol–water partition coefficient (Wildman–Crippen LogP) is 4.49. The lowest BCUT2D eigenvalue weighted by Gasteiger charge is -2.22. The molecule has 0 bridgehead atoms. The molecule has 32 heavy (non-hydrogen) atoms. The third kappa shape index (κ3) is 3.96. The number of hydrogen-bond acceptors (Lipinski definition) is 5. The van der Waals surface area contributed by atoms with Gasteiger partial charge >= 0.3 is 5.63 Å². The van der Waals surface area contributed by atoms with Gasteiger partial charge in [-0.25, -0.2) is 4.79 Å². The minimum atomic E-state index is -0.401. The largest absolute Gasteiger partial charge is 0.460 e. The summed E-state index contributed by atoms with van der Waals surface area (Å²) in [5.74, 6) is 1.07. The van der Waals surface area contributed by atoms with Crippen molar-refractivity contribution in [3.05, 3.63) is 44.5 Å². The Labute approximate surface area is 188 Å². The third-order valence-electron chi connectivity index (χ3n) is 7.20. The van der Waals surface area contributed by atoms with E-state index in [1.165, 1.54) is 5.56 Å². The van der Waals surface area contributed by atoms with Crippen LogP contribution in [0.1, 0.15) is 67.5 Å². The molecule has 0 saturated carbocycles. The van der Waals surface area contributed by atoms with Gasteiger partial charge in [-0.05, 0) is 57.1 Å². The van der Waals surface area contributed by atoms with Gasteiger partial charge in [-0.15, -0.1) is 0 Å². The van der Waals surface area contributed by atoms with Crippen molar-refractivity contribution < 1.29 is 18.7 Å². The number of carbonyl (C=O) groups excluding carboxylic acids is 1. The molecule has 1 aromatic carbocycles. The number of aryl methyl sites for hydroxylation is 4. The first-order valence-corrected chi connectivity index (χ1v) is 11.8. The van der Waals surface area contributed by atoms with E-state index in [9.17, 15) is 14.7 Å². The first kappa shape index (κ1) is 22.6. The molecule has 0 fully saturated rings. The summed E-state index contributed by atoms with van der Waals surface area (Å²) in [5.41, 5.74) is 4.52. The Morgan fingerprint density at radius 2 is 1.84 bits per heavy atom. The lowest BCUT2D eigenvalue weighted by molar-refractivity contribution is -0.122. The van der Waals surface area contributed by atoms with Gasteiger partial charge in [0.2, 0.25) is 5.91 Å². The SMILES string of the molecule is CC[C@H](C)[C@@H](CO)NC(=O)CCc1c(C)c2cc3c4c(oc3c(C)c2oc1=O)CCCC4. The summed E-state index contributed by atoms with van der Waals surface area (Å²) >= 11 is 0. The molecule has 1 aliphatic rings. The summed E-state index contributed by atoms with van der Waals surface area (Å²) < 4.78 is 11.9. The van der Waals surface area contributed by atoms with Crippen LogP contribution in [0.3, 0.4) is 0 Å². The highest BCUT2D eigenvalue weighted by Gasteiger charge is 2.23. The van der Waals surface area contributed by atoms with E-state index in [0.29, 0.717) is 17.6 Å². The van der Waals surface area contributed by atoms with E-state index < -0.39 is 5.63 Å². The van der Waals surface area contributed by atoms with Crippen molar-refractivity contribution in [2.45, 2.75) is 78.7 Å². The molecule has 4 rings (SSSR count). The fraction of sp³-hybridized carbons (Fsp3) is 0.538.